The van der Waals surface area contributed by atoms with Crippen LogP contribution in [0.15, 0.2) is 0 Å². The molecule has 0 aromatic carbocycles. The second-order valence-electron chi connectivity index (χ2n) is 2.03. The van der Waals surface area contributed by atoms with Crippen molar-refractivity contribution in [2.24, 2.45) is 5.92 Å². The average Bonchev–Trinajstić information content (AvgIpc) is 1.87. The molecule has 58 valence electrons. The Morgan fingerprint density at radius 3 is 2.10 bits per heavy atom. The van der Waals surface area contributed by atoms with Crippen molar-refractivity contribution in [1.82, 2.24) is 0 Å². The number of rotatable bonds is 1. The number of hydrogen-bond donors (Lipinski definition) is 0. The van der Waals surface area contributed by atoms with Crippen LogP contribution in [0.5, 0.6) is 0 Å². The third kappa shape index (κ3) is 3.06. The predicted octanol–water partition coefficient (Wildman–Crippen LogP) is 0.952. The van der Waals surface area contributed by atoms with Gasteiger partial charge in [-0.1, -0.05) is 13.8 Å². The zero-order valence-corrected chi connectivity index (χ0v) is 6.21. The van der Waals surface area contributed by atoms with Crippen LogP contribution in [-0.2, 0) is 14.3 Å². The molecule has 0 fully saturated rings. The largest absolute Gasteiger partial charge is 0.515 e. The minimum absolute atomic E-state index is 0.306. The Morgan fingerprint density at radius 1 is 1.30 bits per heavy atom. The topological polar surface area (TPSA) is 52.6 Å². The zero-order chi connectivity index (χ0) is 8.15. The molecule has 0 radical (unpaired) electrons. The Bertz CT molecular complexity index is 139. The summed E-state index contributed by atoms with van der Waals surface area (Å²) in [6.45, 7) is 3.26. The molecule has 0 aliphatic heterocycles. The predicted molar refractivity (Wildman–Crippen MR) is 33.3 cm³/mol. The number of methoxy groups -OCH3 is 1. The standard InChI is InChI=1S/C6H10O4/c1-4(2)5(7)10-6(8)9-3/h4H,1-3H3. The smallest absolute Gasteiger partial charge is 0.437 e. The highest BCUT2D eigenvalue weighted by atomic mass is 16.7. The quantitative estimate of drug-likeness (QED) is 0.408. The molecule has 0 aliphatic rings. The lowest BCUT2D eigenvalue weighted by Crippen LogP contribution is -2.16. The summed E-state index contributed by atoms with van der Waals surface area (Å²) < 4.78 is 8.25. The summed E-state index contributed by atoms with van der Waals surface area (Å²) in [5, 5.41) is 0. The van der Waals surface area contributed by atoms with Crippen LogP contribution in [0.3, 0.4) is 0 Å². The second-order valence-corrected chi connectivity index (χ2v) is 2.03. The SMILES string of the molecule is COC(=O)OC(=O)C(C)C. The molecule has 0 atom stereocenters. The second kappa shape index (κ2) is 3.87. The van der Waals surface area contributed by atoms with Crippen LogP contribution in [0.2, 0.25) is 0 Å². The van der Waals surface area contributed by atoms with Crippen LogP contribution >= 0.6 is 0 Å². The van der Waals surface area contributed by atoms with Crippen molar-refractivity contribution < 1.29 is 19.1 Å². The van der Waals surface area contributed by atoms with Crippen molar-refractivity contribution in [3.05, 3.63) is 0 Å². The lowest BCUT2D eigenvalue weighted by molar-refractivity contribution is -0.142. The summed E-state index contributed by atoms with van der Waals surface area (Å²) in [6.07, 6.45) is -0.960. The first-order valence-corrected chi connectivity index (χ1v) is 2.87. The highest BCUT2D eigenvalue weighted by Gasteiger charge is 2.13. The lowest BCUT2D eigenvalue weighted by atomic mass is 10.2. The third-order valence-corrected chi connectivity index (χ3v) is 0.822. The maximum Gasteiger partial charge on any atom is 0.515 e. The van der Waals surface area contributed by atoms with Crippen LogP contribution in [0.4, 0.5) is 4.79 Å². The van der Waals surface area contributed by atoms with Crippen molar-refractivity contribution in [3.63, 3.8) is 0 Å². The monoisotopic (exact) mass is 146 g/mol. The van der Waals surface area contributed by atoms with Crippen molar-refractivity contribution in [2.45, 2.75) is 13.8 Å². The molecule has 0 aromatic heterocycles. The number of carbonyl (C=O) groups excluding carboxylic acids is 2. The van der Waals surface area contributed by atoms with Gasteiger partial charge in [-0.2, -0.15) is 0 Å². The van der Waals surface area contributed by atoms with E-state index in [9.17, 15) is 9.59 Å². The van der Waals surface area contributed by atoms with Gasteiger partial charge < -0.3 is 9.47 Å². The molecule has 0 aliphatic carbocycles. The molecule has 0 rings (SSSR count). The van der Waals surface area contributed by atoms with E-state index in [4.69, 9.17) is 0 Å². The van der Waals surface area contributed by atoms with Crippen molar-refractivity contribution in [3.8, 4) is 0 Å². The van der Waals surface area contributed by atoms with Crippen LogP contribution in [0.25, 0.3) is 0 Å². The van der Waals surface area contributed by atoms with E-state index in [0.29, 0.717) is 0 Å². The summed E-state index contributed by atoms with van der Waals surface area (Å²) in [4.78, 5) is 20.9. The maximum absolute atomic E-state index is 10.6. The molecule has 0 N–H and O–H groups in total. The van der Waals surface area contributed by atoms with Gasteiger partial charge in [-0.05, 0) is 0 Å². The number of ether oxygens (including phenoxy) is 2. The molecule has 0 amide bonds. The van der Waals surface area contributed by atoms with E-state index in [1.54, 1.807) is 13.8 Å². The number of hydrogen-bond acceptors (Lipinski definition) is 4. The van der Waals surface area contributed by atoms with E-state index in [1.165, 1.54) is 0 Å². The highest BCUT2D eigenvalue weighted by Crippen LogP contribution is 1.96. The minimum atomic E-state index is -0.960. The van der Waals surface area contributed by atoms with Gasteiger partial charge in [0.05, 0.1) is 13.0 Å². The van der Waals surface area contributed by atoms with Gasteiger partial charge in [0, 0.05) is 0 Å². The fourth-order valence-electron chi connectivity index (χ4n) is 0.242. The molecule has 10 heavy (non-hydrogen) atoms. The van der Waals surface area contributed by atoms with Crippen LogP contribution in [0, 0.1) is 5.92 Å². The van der Waals surface area contributed by atoms with Crippen LogP contribution in [-0.4, -0.2) is 19.2 Å². The molecular formula is C6H10O4. The first-order chi connectivity index (χ1) is 4.57. The van der Waals surface area contributed by atoms with E-state index in [2.05, 4.69) is 9.47 Å². The number of esters is 1. The van der Waals surface area contributed by atoms with E-state index >= 15 is 0 Å². The third-order valence-electron chi connectivity index (χ3n) is 0.822. The fourth-order valence-corrected chi connectivity index (χ4v) is 0.242. The van der Waals surface area contributed by atoms with Gasteiger partial charge >= 0.3 is 12.1 Å². The molecule has 0 saturated heterocycles. The Hall–Kier alpha value is -1.06. The molecule has 4 heteroatoms. The molecule has 0 saturated carbocycles. The normalized spacial score (nSPS) is 9.20. The Morgan fingerprint density at radius 2 is 1.80 bits per heavy atom. The summed E-state index contributed by atoms with van der Waals surface area (Å²) in [6, 6.07) is 0. The summed E-state index contributed by atoms with van der Waals surface area (Å²) in [5.41, 5.74) is 0. The van der Waals surface area contributed by atoms with Crippen molar-refractivity contribution >= 4 is 12.1 Å². The Balaban J connectivity index is 3.69. The maximum atomic E-state index is 10.6. The van der Waals surface area contributed by atoms with Crippen LogP contribution < -0.4 is 0 Å². The van der Waals surface area contributed by atoms with Gasteiger partial charge in [0.2, 0.25) is 0 Å². The van der Waals surface area contributed by atoms with Gasteiger partial charge in [0.25, 0.3) is 0 Å². The van der Waals surface area contributed by atoms with Gasteiger partial charge in [-0.15, -0.1) is 0 Å². The van der Waals surface area contributed by atoms with Gasteiger partial charge in [-0.25, -0.2) is 4.79 Å². The molecule has 0 heterocycles. The fraction of sp³-hybridized carbons (Fsp3) is 0.667. The van der Waals surface area contributed by atoms with Crippen molar-refractivity contribution in [2.75, 3.05) is 7.11 Å². The Kier molecular flexibility index (Phi) is 3.46. The van der Waals surface area contributed by atoms with Gasteiger partial charge in [-0.3, -0.25) is 4.79 Å². The van der Waals surface area contributed by atoms with Gasteiger partial charge in [0.15, 0.2) is 0 Å². The average molecular weight is 146 g/mol. The summed E-state index contributed by atoms with van der Waals surface area (Å²) in [5.74, 6) is -0.883. The van der Waals surface area contributed by atoms with E-state index in [0.717, 1.165) is 7.11 Å². The van der Waals surface area contributed by atoms with E-state index in [-0.39, 0.29) is 5.92 Å². The zero-order valence-electron chi connectivity index (χ0n) is 6.21. The first-order valence-electron chi connectivity index (χ1n) is 2.87. The van der Waals surface area contributed by atoms with E-state index < -0.39 is 12.1 Å². The molecular weight excluding hydrogens is 136 g/mol. The number of carbonyl (C=O) groups is 2. The van der Waals surface area contributed by atoms with E-state index in [1.807, 2.05) is 0 Å². The summed E-state index contributed by atoms with van der Waals surface area (Å²) in [7, 11) is 1.15. The molecule has 0 unspecified atom stereocenters. The molecule has 4 nitrogen and oxygen atoms in total. The molecule has 0 bridgehead atoms. The lowest BCUT2D eigenvalue weighted by Gasteiger charge is -2.01. The minimum Gasteiger partial charge on any atom is -0.437 e. The highest BCUT2D eigenvalue weighted by molar-refractivity contribution is 5.82. The Labute approximate surface area is 59.1 Å². The first kappa shape index (κ1) is 8.94. The van der Waals surface area contributed by atoms with Crippen LogP contribution in [0.1, 0.15) is 13.8 Å². The van der Waals surface area contributed by atoms with Gasteiger partial charge in [0.1, 0.15) is 0 Å². The molecule has 0 aromatic rings. The molecule has 0 spiro atoms. The van der Waals surface area contributed by atoms with Crippen molar-refractivity contribution in [1.29, 1.82) is 0 Å². The summed E-state index contributed by atoms with van der Waals surface area (Å²) >= 11 is 0.